The Kier molecular flexibility index (Phi) is 6.85. The molecule has 1 rings (SSSR count). The Hall–Kier alpha value is -2.24. The van der Waals surface area contributed by atoms with Gasteiger partial charge in [-0.15, -0.1) is 0 Å². The zero-order valence-electron chi connectivity index (χ0n) is 16.3. The normalized spacial score (nSPS) is 11.6. The van der Waals surface area contributed by atoms with Crippen LogP contribution in [0.25, 0.3) is 0 Å². The van der Waals surface area contributed by atoms with E-state index in [9.17, 15) is 9.59 Å². The number of amides is 2. The molecule has 0 aromatic heterocycles. The Morgan fingerprint density at radius 1 is 1.08 bits per heavy atom. The van der Waals surface area contributed by atoms with E-state index < -0.39 is 17.2 Å². The Bertz CT molecular complexity index is 588. The predicted octanol–water partition coefficient (Wildman–Crippen LogP) is 3.00. The summed E-state index contributed by atoms with van der Waals surface area (Å²) in [6.45, 7) is 9.25. The lowest BCUT2D eigenvalue weighted by atomic mass is 10.0. The SMILES string of the molecule is COc1ccc(CCNC(=O)C(C)(C)N(C)C(=O)OC(C)(C)C)cc1. The molecule has 1 N–H and O–H groups in total. The lowest BCUT2D eigenvalue weighted by Gasteiger charge is -2.35. The number of nitrogens with one attached hydrogen (secondary N) is 1. The third-order valence-corrected chi connectivity index (χ3v) is 3.92. The van der Waals surface area contributed by atoms with Crippen LogP contribution in [0.3, 0.4) is 0 Å². The number of carbonyl (C=O) groups is 2. The van der Waals surface area contributed by atoms with Gasteiger partial charge in [-0.3, -0.25) is 9.69 Å². The maximum atomic E-state index is 12.5. The summed E-state index contributed by atoms with van der Waals surface area (Å²) < 4.78 is 10.4. The monoisotopic (exact) mass is 350 g/mol. The lowest BCUT2D eigenvalue weighted by molar-refractivity contribution is -0.130. The summed E-state index contributed by atoms with van der Waals surface area (Å²) in [6, 6.07) is 7.70. The fourth-order valence-corrected chi connectivity index (χ4v) is 2.04. The molecule has 0 aliphatic heterocycles. The highest BCUT2D eigenvalue weighted by atomic mass is 16.6. The molecule has 0 unspecified atom stereocenters. The molecule has 6 heteroatoms. The van der Waals surface area contributed by atoms with Gasteiger partial charge in [0.2, 0.25) is 5.91 Å². The minimum absolute atomic E-state index is 0.227. The van der Waals surface area contributed by atoms with E-state index in [1.54, 1.807) is 48.8 Å². The van der Waals surface area contributed by atoms with Crippen molar-refractivity contribution in [2.45, 2.75) is 52.2 Å². The zero-order valence-corrected chi connectivity index (χ0v) is 16.3. The highest BCUT2D eigenvalue weighted by Gasteiger charge is 2.37. The van der Waals surface area contributed by atoms with Crippen molar-refractivity contribution in [2.75, 3.05) is 20.7 Å². The summed E-state index contributed by atoms with van der Waals surface area (Å²) in [7, 11) is 3.19. The Morgan fingerprint density at radius 2 is 1.64 bits per heavy atom. The number of nitrogens with zero attached hydrogens (tertiary/aromatic N) is 1. The Morgan fingerprint density at radius 3 is 2.12 bits per heavy atom. The van der Waals surface area contributed by atoms with E-state index >= 15 is 0 Å². The van der Waals surface area contributed by atoms with Gasteiger partial charge in [0.15, 0.2) is 0 Å². The van der Waals surface area contributed by atoms with Gasteiger partial charge in [0.1, 0.15) is 16.9 Å². The molecule has 0 saturated heterocycles. The maximum Gasteiger partial charge on any atom is 0.410 e. The van der Waals surface area contributed by atoms with Gasteiger partial charge in [-0.05, 0) is 58.7 Å². The topological polar surface area (TPSA) is 67.9 Å². The fraction of sp³-hybridized carbons (Fsp3) is 0.579. The minimum Gasteiger partial charge on any atom is -0.497 e. The number of hydrogen-bond acceptors (Lipinski definition) is 4. The summed E-state index contributed by atoms with van der Waals surface area (Å²) >= 11 is 0. The van der Waals surface area contributed by atoms with Crippen LogP contribution in [-0.2, 0) is 16.0 Å². The molecule has 0 saturated carbocycles. The third kappa shape index (κ3) is 6.29. The fourth-order valence-electron chi connectivity index (χ4n) is 2.04. The zero-order chi connectivity index (χ0) is 19.3. The Balaban J connectivity index is 2.57. The molecule has 2 amide bonds. The second kappa shape index (κ2) is 8.23. The maximum absolute atomic E-state index is 12.5. The van der Waals surface area contributed by atoms with Gasteiger partial charge >= 0.3 is 6.09 Å². The van der Waals surface area contributed by atoms with Crippen molar-refractivity contribution in [1.82, 2.24) is 10.2 Å². The summed E-state index contributed by atoms with van der Waals surface area (Å²) in [4.78, 5) is 26.0. The first-order valence-electron chi connectivity index (χ1n) is 8.35. The van der Waals surface area contributed by atoms with Crippen LogP contribution in [0.1, 0.15) is 40.2 Å². The molecule has 0 fully saturated rings. The molecule has 140 valence electrons. The van der Waals surface area contributed by atoms with Gasteiger partial charge in [-0.1, -0.05) is 12.1 Å². The summed E-state index contributed by atoms with van der Waals surface area (Å²) in [5.74, 6) is 0.572. The van der Waals surface area contributed by atoms with Crippen LogP contribution >= 0.6 is 0 Å². The van der Waals surface area contributed by atoms with Crippen LogP contribution < -0.4 is 10.1 Å². The Labute approximate surface area is 150 Å². The highest BCUT2D eigenvalue weighted by molar-refractivity contribution is 5.89. The molecule has 0 radical (unpaired) electrons. The molecule has 0 aliphatic carbocycles. The van der Waals surface area contributed by atoms with Crippen LogP contribution in [0.5, 0.6) is 5.75 Å². The molecular weight excluding hydrogens is 320 g/mol. The number of rotatable bonds is 6. The van der Waals surface area contributed by atoms with Crippen LogP contribution in [0, 0.1) is 0 Å². The van der Waals surface area contributed by atoms with Crippen molar-refractivity contribution in [2.24, 2.45) is 0 Å². The van der Waals surface area contributed by atoms with E-state index in [1.165, 1.54) is 4.90 Å². The quantitative estimate of drug-likeness (QED) is 0.856. The minimum atomic E-state index is -1.01. The molecule has 0 atom stereocenters. The van der Waals surface area contributed by atoms with Crippen LogP contribution in [0.2, 0.25) is 0 Å². The highest BCUT2D eigenvalue weighted by Crippen LogP contribution is 2.17. The number of hydrogen-bond donors (Lipinski definition) is 1. The molecule has 25 heavy (non-hydrogen) atoms. The third-order valence-electron chi connectivity index (χ3n) is 3.92. The molecule has 0 spiro atoms. The average Bonchev–Trinajstić information content (AvgIpc) is 2.52. The van der Waals surface area contributed by atoms with Crippen molar-refractivity contribution in [3.63, 3.8) is 0 Å². The van der Waals surface area contributed by atoms with E-state index in [1.807, 2.05) is 24.3 Å². The van der Waals surface area contributed by atoms with Crippen molar-refractivity contribution in [3.8, 4) is 5.75 Å². The van der Waals surface area contributed by atoms with Crippen molar-refractivity contribution < 1.29 is 19.1 Å². The van der Waals surface area contributed by atoms with Gasteiger partial charge in [0, 0.05) is 13.6 Å². The number of methoxy groups -OCH3 is 1. The van der Waals surface area contributed by atoms with Crippen LogP contribution in [0.4, 0.5) is 4.79 Å². The van der Waals surface area contributed by atoms with Crippen LogP contribution in [0.15, 0.2) is 24.3 Å². The van der Waals surface area contributed by atoms with Crippen molar-refractivity contribution >= 4 is 12.0 Å². The summed E-state index contributed by atoms with van der Waals surface area (Å²) in [6.07, 6.45) is 0.171. The number of likely N-dealkylation sites (N-methyl/N-ethyl adjacent to an activating group) is 1. The predicted molar refractivity (Wildman–Crippen MR) is 97.8 cm³/mol. The largest absolute Gasteiger partial charge is 0.497 e. The molecule has 0 heterocycles. The first-order valence-corrected chi connectivity index (χ1v) is 8.35. The van der Waals surface area contributed by atoms with E-state index in [0.717, 1.165) is 11.3 Å². The van der Waals surface area contributed by atoms with E-state index in [4.69, 9.17) is 9.47 Å². The van der Waals surface area contributed by atoms with Gasteiger partial charge < -0.3 is 14.8 Å². The molecule has 1 aromatic carbocycles. The van der Waals surface area contributed by atoms with Crippen molar-refractivity contribution in [3.05, 3.63) is 29.8 Å². The van der Waals surface area contributed by atoms with E-state index in [0.29, 0.717) is 13.0 Å². The molecule has 0 aliphatic rings. The van der Waals surface area contributed by atoms with E-state index in [2.05, 4.69) is 5.32 Å². The standard InChI is InChI=1S/C19H30N2O4/c1-18(2,3)25-17(23)21(6)19(4,5)16(22)20-13-12-14-8-10-15(24-7)11-9-14/h8-11H,12-13H2,1-7H3,(H,20,22). The van der Waals surface area contributed by atoms with Gasteiger partial charge in [-0.2, -0.15) is 0 Å². The number of ether oxygens (including phenoxy) is 2. The number of carbonyl (C=O) groups excluding carboxylic acids is 2. The van der Waals surface area contributed by atoms with E-state index in [-0.39, 0.29) is 5.91 Å². The number of benzene rings is 1. The second-order valence-electron chi connectivity index (χ2n) is 7.45. The average molecular weight is 350 g/mol. The molecule has 1 aromatic rings. The first kappa shape index (κ1) is 20.8. The van der Waals surface area contributed by atoms with Gasteiger partial charge in [0.05, 0.1) is 7.11 Å². The van der Waals surface area contributed by atoms with Gasteiger partial charge in [-0.25, -0.2) is 4.79 Å². The van der Waals surface area contributed by atoms with Crippen LogP contribution in [-0.4, -0.2) is 48.7 Å². The molecule has 0 bridgehead atoms. The summed E-state index contributed by atoms with van der Waals surface area (Å²) in [5, 5.41) is 2.88. The van der Waals surface area contributed by atoms with Crippen molar-refractivity contribution in [1.29, 1.82) is 0 Å². The lowest BCUT2D eigenvalue weighted by Crippen LogP contribution is -2.56. The summed E-state index contributed by atoms with van der Waals surface area (Å²) in [5.41, 5.74) is -0.520. The molecule has 6 nitrogen and oxygen atoms in total. The van der Waals surface area contributed by atoms with Gasteiger partial charge in [0.25, 0.3) is 0 Å². The first-order chi connectivity index (χ1) is 11.5. The molecular formula is C19H30N2O4. The smallest absolute Gasteiger partial charge is 0.410 e. The second-order valence-corrected chi connectivity index (χ2v) is 7.45.